The second-order valence-corrected chi connectivity index (χ2v) is 8.56. The molecule has 0 spiro atoms. The fourth-order valence-electron chi connectivity index (χ4n) is 3.18. The maximum absolute atomic E-state index is 5.93. The van der Waals surface area contributed by atoms with E-state index in [0.717, 1.165) is 39.5 Å². The number of halogens is 1. The number of nitrogens with zero attached hydrogens (tertiary/aromatic N) is 4. The van der Waals surface area contributed by atoms with Crippen molar-refractivity contribution in [3.05, 3.63) is 45.6 Å². The second-order valence-electron chi connectivity index (χ2n) is 6.10. The molecule has 5 rings (SSSR count). The highest BCUT2D eigenvalue weighted by Gasteiger charge is 2.23. The fourth-order valence-corrected chi connectivity index (χ4v) is 5.55. The van der Waals surface area contributed by atoms with Gasteiger partial charge in [0.05, 0.1) is 0 Å². The van der Waals surface area contributed by atoms with Crippen LogP contribution in [0.2, 0.25) is 5.02 Å². The van der Waals surface area contributed by atoms with E-state index >= 15 is 0 Å². The molecular formula is C18H13ClN4OS2. The molecule has 0 N–H and O–H groups in total. The molecule has 1 aliphatic carbocycles. The summed E-state index contributed by atoms with van der Waals surface area (Å²) in [5.74, 6) is 1.24. The third-order valence-electron chi connectivity index (χ3n) is 4.32. The summed E-state index contributed by atoms with van der Waals surface area (Å²) in [7, 11) is 0. The number of aromatic nitrogens is 4. The predicted octanol–water partition coefficient (Wildman–Crippen LogP) is 5.34. The van der Waals surface area contributed by atoms with Crippen LogP contribution < -0.4 is 0 Å². The zero-order chi connectivity index (χ0) is 17.7. The summed E-state index contributed by atoms with van der Waals surface area (Å²) in [6.45, 7) is 1.92. The Morgan fingerprint density at radius 3 is 2.81 bits per heavy atom. The summed E-state index contributed by atoms with van der Waals surface area (Å²) in [4.78, 5) is 11.8. The zero-order valence-electron chi connectivity index (χ0n) is 13.8. The molecule has 0 bridgehead atoms. The number of hydrogen-bond donors (Lipinski definition) is 0. The predicted molar refractivity (Wildman–Crippen MR) is 103 cm³/mol. The highest BCUT2D eigenvalue weighted by Crippen LogP contribution is 2.42. The second kappa shape index (κ2) is 6.33. The van der Waals surface area contributed by atoms with E-state index in [0.29, 0.717) is 16.1 Å². The van der Waals surface area contributed by atoms with Gasteiger partial charge in [-0.15, -0.1) is 21.5 Å². The largest absolute Gasteiger partial charge is 0.411 e. The molecule has 3 heterocycles. The van der Waals surface area contributed by atoms with Gasteiger partial charge >= 0.3 is 0 Å². The minimum atomic E-state index is 0.474. The van der Waals surface area contributed by atoms with Gasteiger partial charge < -0.3 is 4.42 Å². The molecule has 26 heavy (non-hydrogen) atoms. The summed E-state index contributed by atoms with van der Waals surface area (Å²) >= 11 is 9.13. The number of hydrogen-bond acceptors (Lipinski definition) is 7. The third-order valence-corrected chi connectivity index (χ3v) is 6.59. The smallest absolute Gasteiger partial charge is 0.283 e. The van der Waals surface area contributed by atoms with E-state index in [1.54, 1.807) is 23.5 Å². The van der Waals surface area contributed by atoms with Crippen LogP contribution in [0, 0.1) is 6.92 Å². The van der Waals surface area contributed by atoms with Gasteiger partial charge in [0.15, 0.2) is 0 Å². The number of thiophene rings is 1. The average Bonchev–Trinajstić information content (AvgIpc) is 3.31. The third kappa shape index (κ3) is 2.80. The molecule has 1 aromatic carbocycles. The van der Waals surface area contributed by atoms with Crippen molar-refractivity contribution < 1.29 is 4.42 Å². The van der Waals surface area contributed by atoms with Crippen LogP contribution in [0.1, 0.15) is 22.7 Å². The van der Waals surface area contributed by atoms with Gasteiger partial charge in [-0.1, -0.05) is 11.6 Å². The van der Waals surface area contributed by atoms with Crippen LogP contribution in [0.25, 0.3) is 21.7 Å². The van der Waals surface area contributed by atoms with Gasteiger partial charge in [0.1, 0.15) is 15.7 Å². The van der Waals surface area contributed by atoms with Crippen LogP contribution in [0.15, 0.2) is 38.9 Å². The lowest BCUT2D eigenvalue weighted by Crippen LogP contribution is -1.92. The van der Waals surface area contributed by atoms with Crippen molar-refractivity contribution >= 4 is 44.9 Å². The highest BCUT2D eigenvalue weighted by atomic mass is 35.5. The standard InChI is InChI=1S/C18H13ClN4OS2/c1-9-20-16-14(12-3-2-4-13(12)25-16)17(21-9)26-18-23-22-15(24-18)10-5-7-11(19)8-6-10/h5-8H,2-4H2,1H3. The molecule has 0 amide bonds. The highest BCUT2D eigenvalue weighted by molar-refractivity contribution is 7.99. The quantitative estimate of drug-likeness (QED) is 0.432. The molecule has 1 aliphatic rings. The first kappa shape index (κ1) is 16.2. The maximum atomic E-state index is 5.93. The van der Waals surface area contributed by atoms with Crippen LogP contribution in [0.5, 0.6) is 0 Å². The molecule has 0 unspecified atom stereocenters. The first-order valence-electron chi connectivity index (χ1n) is 8.23. The molecule has 3 aromatic heterocycles. The zero-order valence-corrected chi connectivity index (χ0v) is 16.2. The molecule has 4 aromatic rings. The minimum absolute atomic E-state index is 0.474. The van der Waals surface area contributed by atoms with Crippen molar-refractivity contribution in [3.63, 3.8) is 0 Å². The first-order chi connectivity index (χ1) is 12.7. The molecule has 0 fully saturated rings. The lowest BCUT2D eigenvalue weighted by atomic mass is 10.2. The topological polar surface area (TPSA) is 64.7 Å². The molecular weight excluding hydrogens is 388 g/mol. The summed E-state index contributed by atoms with van der Waals surface area (Å²) in [5, 5.41) is 11.5. The first-order valence-corrected chi connectivity index (χ1v) is 10.2. The van der Waals surface area contributed by atoms with E-state index in [1.807, 2.05) is 19.1 Å². The van der Waals surface area contributed by atoms with Gasteiger partial charge in [0.2, 0.25) is 5.89 Å². The average molecular weight is 401 g/mol. The van der Waals surface area contributed by atoms with Crippen molar-refractivity contribution in [2.45, 2.75) is 36.4 Å². The fraction of sp³-hybridized carbons (Fsp3) is 0.222. The van der Waals surface area contributed by atoms with Crippen LogP contribution in [-0.4, -0.2) is 20.2 Å². The van der Waals surface area contributed by atoms with E-state index in [1.165, 1.54) is 28.6 Å². The Labute approximate surface area is 162 Å². The van der Waals surface area contributed by atoms with Crippen molar-refractivity contribution in [2.75, 3.05) is 0 Å². The van der Waals surface area contributed by atoms with Gasteiger partial charge in [-0.25, -0.2) is 9.97 Å². The molecule has 0 radical (unpaired) electrons. The van der Waals surface area contributed by atoms with Crippen LogP contribution in [0.4, 0.5) is 0 Å². The normalized spacial score (nSPS) is 13.5. The molecule has 0 aliphatic heterocycles. The number of benzene rings is 1. The van der Waals surface area contributed by atoms with Crippen LogP contribution in [0.3, 0.4) is 0 Å². The van der Waals surface area contributed by atoms with Gasteiger partial charge in [-0.3, -0.25) is 0 Å². The molecule has 0 saturated heterocycles. The van der Waals surface area contributed by atoms with E-state index in [-0.39, 0.29) is 0 Å². The van der Waals surface area contributed by atoms with Gasteiger partial charge in [-0.2, -0.15) is 0 Å². The Balaban J connectivity index is 1.53. The SMILES string of the molecule is Cc1nc(Sc2nnc(-c3ccc(Cl)cc3)o2)c2c3c(sc2n1)CCC3. The Bertz CT molecular complexity index is 1120. The number of rotatable bonds is 3. The lowest BCUT2D eigenvalue weighted by molar-refractivity contribution is 0.465. The van der Waals surface area contributed by atoms with E-state index in [4.69, 9.17) is 16.0 Å². The monoisotopic (exact) mass is 400 g/mol. The van der Waals surface area contributed by atoms with E-state index in [2.05, 4.69) is 20.2 Å². The minimum Gasteiger partial charge on any atom is -0.411 e. The maximum Gasteiger partial charge on any atom is 0.283 e. The van der Waals surface area contributed by atoms with Crippen molar-refractivity contribution in [3.8, 4) is 11.5 Å². The molecule has 0 atom stereocenters. The van der Waals surface area contributed by atoms with Crippen molar-refractivity contribution in [2.24, 2.45) is 0 Å². The summed E-state index contributed by atoms with van der Waals surface area (Å²) in [6.07, 6.45) is 3.44. The molecule has 0 saturated carbocycles. The van der Waals surface area contributed by atoms with E-state index < -0.39 is 0 Å². The van der Waals surface area contributed by atoms with Gasteiger partial charge in [0.25, 0.3) is 5.22 Å². The molecule has 5 nitrogen and oxygen atoms in total. The summed E-state index contributed by atoms with van der Waals surface area (Å²) < 4.78 is 5.84. The van der Waals surface area contributed by atoms with Gasteiger partial charge in [-0.05, 0) is 67.8 Å². The Hall–Kier alpha value is -1.96. The van der Waals surface area contributed by atoms with Crippen molar-refractivity contribution in [1.82, 2.24) is 20.2 Å². The molecule has 8 heteroatoms. The summed E-state index contributed by atoms with van der Waals surface area (Å²) in [5.41, 5.74) is 2.24. The van der Waals surface area contributed by atoms with Crippen LogP contribution in [-0.2, 0) is 12.8 Å². The Kier molecular flexibility index (Phi) is 3.95. The Morgan fingerprint density at radius 1 is 1.12 bits per heavy atom. The number of fused-ring (bicyclic) bond motifs is 3. The lowest BCUT2D eigenvalue weighted by Gasteiger charge is -2.02. The Morgan fingerprint density at radius 2 is 1.96 bits per heavy atom. The van der Waals surface area contributed by atoms with E-state index in [9.17, 15) is 0 Å². The summed E-state index contributed by atoms with van der Waals surface area (Å²) in [6, 6.07) is 7.34. The molecule has 130 valence electrons. The van der Waals surface area contributed by atoms with Gasteiger partial charge in [0, 0.05) is 20.8 Å². The van der Waals surface area contributed by atoms with Crippen molar-refractivity contribution in [1.29, 1.82) is 0 Å². The van der Waals surface area contributed by atoms with Crippen LogP contribution >= 0.6 is 34.7 Å². The number of aryl methyl sites for hydroxylation is 3.